The van der Waals surface area contributed by atoms with E-state index in [1.165, 1.54) is 12.8 Å². The molecule has 1 aromatic carbocycles. The molecule has 0 radical (unpaired) electrons. The number of benzene rings is 1. The molecule has 1 aliphatic heterocycles. The Bertz CT molecular complexity index is 554. The fourth-order valence-electron chi connectivity index (χ4n) is 3.14. The average molecular weight is 363 g/mol. The molecule has 1 saturated heterocycles. The minimum absolute atomic E-state index is 0.125. The number of hydrogen-bond donors (Lipinski definition) is 2. The molecule has 0 atom stereocenters. The first kappa shape index (κ1) is 20.6. The lowest BCUT2D eigenvalue weighted by Gasteiger charge is -2.22. The van der Waals surface area contributed by atoms with Crippen molar-refractivity contribution in [3.63, 3.8) is 0 Å². The summed E-state index contributed by atoms with van der Waals surface area (Å²) in [5.74, 6) is 2.90. The topological polar surface area (TPSA) is 59.6 Å². The summed E-state index contributed by atoms with van der Waals surface area (Å²) >= 11 is 0. The van der Waals surface area contributed by atoms with Crippen molar-refractivity contribution in [1.82, 2.24) is 10.6 Å². The summed E-state index contributed by atoms with van der Waals surface area (Å²) in [7, 11) is 1.64. The third-order valence-corrected chi connectivity index (χ3v) is 4.91. The third-order valence-electron chi connectivity index (χ3n) is 4.91. The van der Waals surface area contributed by atoms with E-state index in [0.29, 0.717) is 31.4 Å². The molecule has 0 bridgehead atoms. The Balaban J connectivity index is 1.76. The highest BCUT2D eigenvalue weighted by Gasteiger charge is 2.14. The van der Waals surface area contributed by atoms with Crippen molar-refractivity contribution in [1.29, 1.82) is 0 Å². The number of amides is 1. The smallest absolute Gasteiger partial charge is 0.220 e. The summed E-state index contributed by atoms with van der Waals surface area (Å²) in [4.78, 5) is 12.1. The van der Waals surface area contributed by atoms with Gasteiger partial charge in [-0.3, -0.25) is 4.79 Å². The zero-order valence-electron chi connectivity index (χ0n) is 16.5. The Labute approximate surface area is 157 Å². The van der Waals surface area contributed by atoms with Crippen LogP contribution in [-0.4, -0.2) is 32.7 Å². The number of piperidine rings is 1. The molecule has 1 amide bonds. The highest BCUT2D eigenvalue weighted by Crippen LogP contribution is 2.28. The fraction of sp³-hybridized carbons (Fsp3) is 0.667. The summed E-state index contributed by atoms with van der Waals surface area (Å²) in [5, 5.41) is 6.38. The van der Waals surface area contributed by atoms with Crippen molar-refractivity contribution in [2.45, 2.75) is 52.5 Å². The molecule has 0 aliphatic carbocycles. The molecule has 1 aromatic rings. The Morgan fingerprint density at radius 1 is 1.27 bits per heavy atom. The Morgan fingerprint density at radius 2 is 2.04 bits per heavy atom. The summed E-state index contributed by atoms with van der Waals surface area (Å²) in [6, 6.07) is 5.85. The molecular weight excluding hydrogens is 328 g/mol. The molecule has 146 valence electrons. The Kier molecular flexibility index (Phi) is 8.75. The molecule has 0 unspecified atom stereocenters. The Morgan fingerprint density at radius 3 is 2.73 bits per heavy atom. The van der Waals surface area contributed by atoms with Gasteiger partial charge < -0.3 is 20.1 Å². The van der Waals surface area contributed by atoms with Crippen LogP contribution in [0.3, 0.4) is 0 Å². The molecule has 0 spiro atoms. The summed E-state index contributed by atoms with van der Waals surface area (Å²) in [5.41, 5.74) is 1.02. The van der Waals surface area contributed by atoms with Crippen LogP contribution < -0.4 is 20.1 Å². The second-order valence-electron chi connectivity index (χ2n) is 7.52. The maximum absolute atomic E-state index is 12.1. The lowest BCUT2D eigenvalue weighted by Crippen LogP contribution is -2.29. The van der Waals surface area contributed by atoms with Crippen molar-refractivity contribution in [2.24, 2.45) is 11.8 Å². The molecule has 1 fully saturated rings. The Hall–Kier alpha value is -1.75. The number of methoxy groups -OCH3 is 1. The van der Waals surface area contributed by atoms with Gasteiger partial charge in [-0.15, -0.1) is 0 Å². The molecular formula is C21H34N2O3. The highest BCUT2D eigenvalue weighted by molar-refractivity contribution is 5.75. The highest BCUT2D eigenvalue weighted by atomic mass is 16.5. The first-order chi connectivity index (χ1) is 12.6. The van der Waals surface area contributed by atoms with Crippen LogP contribution in [0.15, 0.2) is 18.2 Å². The zero-order chi connectivity index (χ0) is 18.8. The standard InChI is InChI=1S/C21H34N2O3/c1-16(2)10-13-26-19-6-4-18(14-20(19)25-3)15-23-21(24)7-5-17-8-11-22-12-9-17/h4,6,14,16-17,22H,5,7-13,15H2,1-3H3,(H,23,24). The molecule has 0 aromatic heterocycles. The average Bonchev–Trinajstić information content (AvgIpc) is 2.65. The number of ether oxygens (including phenoxy) is 2. The van der Waals surface area contributed by atoms with Gasteiger partial charge in [0.15, 0.2) is 11.5 Å². The molecule has 2 N–H and O–H groups in total. The van der Waals surface area contributed by atoms with Crippen molar-refractivity contribution in [3.8, 4) is 11.5 Å². The van der Waals surface area contributed by atoms with Gasteiger partial charge in [0.25, 0.3) is 0 Å². The van der Waals surface area contributed by atoms with Crippen molar-refractivity contribution in [2.75, 3.05) is 26.8 Å². The normalized spacial score (nSPS) is 15.1. The molecule has 2 rings (SSSR count). The van der Waals surface area contributed by atoms with E-state index in [-0.39, 0.29) is 5.91 Å². The van der Waals surface area contributed by atoms with E-state index in [4.69, 9.17) is 9.47 Å². The quantitative estimate of drug-likeness (QED) is 0.669. The van der Waals surface area contributed by atoms with Gasteiger partial charge in [-0.2, -0.15) is 0 Å². The monoisotopic (exact) mass is 362 g/mol. The van der Waals surface area contributed by atoms with Gasteiger partial charge in [0.1, 0.15) is 0 Å². The number of carbonyl (C=O) groups is 1. The van der Waals surface area contributed by atoms with E-state index in [0.717, 1.165) is 43.0 Å². The predicted octanol–water partition coefficient (Wildman–Crippen LogP) is 3.52. The van der Waals surface area contributed by atoms with Crippen molar-refractivity contribution >= 4 is 5.91 Å². The van der Waals surface area contributed by atoms with E-state index in [9.17, 15) is 4.79 Å². The van der Waals surface area contributed by atoms with Crippen LogP contribution in [0.2, 0.25) is 0 Å². The van der Waals surface area contributed by atoms with Gasteiger partial charge in [-0.25, -0.2) is 0 Å². The molecule has 1 heterocycles. The van der Waals surface area contributed by atoms with E-state index in [1.807, 2.05) is 18.2 Å². The lowest BCUT2D eigenvalue weighted by atomic mass is 9.93. The molecule has 1 aliphatic rings. The van der Waals surface area contributed by atoms with E-state index in [2.05, 4.69) is 24.5 Å². The van der Waals surface area contributed by atoms with Crippen molar-refractivity contribution in [3.05, 3.63) is 23.8 Å². The third kappa shape index (κ3) is 7.24. The van der Waals surface area contributed by atoms with E-state index < -0.39 is 0 Å². The number of rotatable bonds is 10. The SMILES string of the molecule is COc1cc(CNC(=O)CCC2CCNCC2)ccc1OCCC(C)C. The first-order valence-corrected chi connectivity index (χ1v) is 9.85. The van der Waals surface area contributed by atoms with E-state index >= 15 is 0 Å². The van der Waals surface area contributed by atoms with Gasteiger partial charge in [0.05, 0.1) is 13.7 Å². The molecule has 5 heteroatoms. The van der Waals surface area contributed by atoms with Crippen LogP contribution in [0.1, 0.15) is 51.5 Å². The number of nitrogens with one attached hydrogen (secondary N) is 2. The van der Waals surface area contributed by atoms with Gasteiger partial charge in [-0.1, -0.05) is 19.9 Å². The fourth-order valence-corrected chi connectivity index (χ4v) is 3.14. The van der Waals surface area contributed by atoms with Crippen LogP contribution in [0, 0.1) is 11.8 Å². The summed E-state index contributed by atoms with van der Waals surface area (Å²) in [6.07, 6.45) is 4.97. The van der Waals surface area contributed by atoms with Crippen LogP contribution in [0.4, 0.5) is 0 Å². The maximum atomic E-state index is 12.1. The minimum Gasteiger partial charge on any atom is -0.493 e. The summed E-state index contributed by atoms with van der Waals surface area (Å²) in [6.45, 7) is 7.72. The van der Waals surface area contributed by atoms with Crippen molar-refractivity contribution < 1.29 is 14.3 Å². The van der Waals surface area contributed by atoms with Crippen LogP contribution >= 0.6 is 0 Å². The van der Waals surface area contributed by atoms with Crippen LogP contribution in [-0.2, 0) is 11.3 Å². The van der Waals surface area contributed by atoms with Gasteiger partial charge in [0.2, 0.25) is 5.91 Å². The molecule has 26 heavy (non-hydrogen) atoms. The zero-order valence-corrected chi connectivity index (χ0v) is 16.5. The van der Waals surface area contributed by atoms with Gasteiger partial charge in [0, 0.05) is 13.0 Å². The second kappa shape index (κ2) is 11.1. The van der Waals surface area contributed by atoms with Gasteiger partial charge >= 0.3 is 0 Å². The first-order valence-electron chi connectivity index (χ1n) is 9.85. The maximum Gasteiger partial charge on any atom is 0.220 e. The minimum atomic E-state index is 0.125. The molecule has 5 nitrogen and oxygen atoms in total. The largest absolute Gasteiger partial charge is 0.493 e. The predicted molar refractivity (Wildman–Crippen MR) is 105 cm³/mol. The van der Waals surface area contributed by atoms with Crippen LogP contribution in [0.5, 0.6) is 11.5 Å². The van der Waals surface area contributed by atoms with E-state index in [1.54, 1.807) is 7.11 Å². The number of hydrogen-bond acceptors (Lipinski definition) is 4. The second-order valence-corrected chi connectivity index (χ2v) is 7.52. The van der Waals surface area contributed by atoms with Crippen LogP contribution in [0.25, 0.3) is 0 Å². The lowest BCUT2D eigenvalue weighted by molar-refractivity contribution is -0.121. The summed E-state index contributed by atoms with van der Waals surface area (Å²) < 4.78 is 11.2. The number of carbonyl (C=O) groups excluding carboxylic acids is 1. The van der Waals surface area contributed by atoms with Gasteiger partial charge in [-0.05, 0) is 68.3 Å². The molecule has 0 saturated carbocycles.